The third-order valence-electron chi connectivity index (χ3n) is 2.06. The Bertz CT molecular complexity index is 297. The van der Waals surface area contributed by atoms with Crippen molar-refractivity contribution in [2.75, 3.05) is 0 Å². The Morgan fingerprint density at radius 2 is 2.07 bits per heavy atom. The Balaban J connectivity index is 2.63. The number of rotatable bonds is 1. The predicted octanol–water partition coefficient (Wildman–Crippen LogP) is 1.77. The molecular formula is C10H16BrNOSi. The second-order valence-electron chi connectivity index (χ2n) is 4.71. The van der Waals surface area contributed by atoms with Gasteiger partial charge < -0.3 is 5.32 Å². The van der Waals surface area contributed by atoms with Crippen LogP contribution in [0.25, 0.3) is 0 Å². The van der Waals surface area contributed by atoms with Crippen molar-refractivity contribution in [1.29, 1.82) is 0 Å². The molecule has 1 aliphatic heterocycles. The van der Waals surface area contributed by atoms with E-state index >= 15 is 0 Å². The third-order valence-corrected chi connectivity index (χ3v) is 3.52. The molecule has 0 radical (unpaired) electrons. The molecule has 3 atom stereocenters. The average Bonchev–Trinajstić information content (AvgIpc) is 1.93. The van der Waals surface area contributed by atoms with E-state index in [1.165, 1.54) is 0 Å². The molecule has 1 amide bonds. The lowest BCUT2D eigenvalue weighted by atomic mass is 9.89. The summed E-state index contributed by atoms with van der Waals surface area (Å²) in [5.74, 6) is 3.31. The standard InChI is InChI=1S/C10H16BrNOSi/c1-7(11)9-8(12-10(9)13)5-6-14(2,3)4/h7-9H,1-4H3,(H,12,13)/t7?,8-,9+/m0/s1. The quantitative estimate of drug-likeness (QED) is 0.336. The highest BCUT2D eigenvalue weighted by Crippen LogP contribution is 2.23. The SMILES string of the molecule is CC(Br)[C@H]1C(=O)N[C@H]1C#C[Si](C)(C)C. The van der Waals surface area contributed by atoms with Gasteiger partial charge in [0.1, 0.15) is 14.1 Å². The monoisotopic (exact) mass is 273 g/mol. The van der Waals surface area contributed by atoms with Crippen LogP contribution in [0.15, 0.2) is 0 Å². The van der Waals surface area contributed by atoms with Gasteiger partial charge in [0.25, 0.3) is 0 Å². The summed E-state index contributed by atoms with van der Waals surface area (Å²) >= 11 is 3.44. The number of hydrogen-bond donors (Lipinski definition) is 1. The molecule has 4 heteroatoms. The first-order chi connectivity index (χ1) is 6.31. The van der Waals surface area contributed by atoms with Crippen LogP contribution in [0, 0.1) is 17.4 Å². The lowest BCUT2D eigenvalue weighted by Crippen LogP contribution is -2.60. The first-order valence-corrected chi connectivity index (χ1v) is 9.20. The van der Waals surface area contributed by atoms with Crippen LogP contribution in [0.5, 0.6) is 0 Å². The average molecular weight is 274 g/mol. The van der Waals surface area contributed by atoms with Crippen LogP contribution in [0.2, 0.25) is 19.6 Å². The normalized spacial score (nSPS) is 28.2. The molecule has 1 rings (SSSR count). The molecule has 1 aliphatic rings. The van der Waals surface area contributed by atoms with E-state index in [4.69, 9.17) is 0 Å². The largest absolute Gasteiger partial charge is 0.341 e. The summed E-state index contributed by atoms with van der Waals surface area (Å²) in [6.07, 6.45) is 0. The van der Waals surface area contributed by atoms with Crippen LogP contribution in [0.4, 0.5) is 0 Å². The Kier molecular flexibility index (Phi) is 3.43. The van der Waals surface area contributed by atoms with Gasteiger partial charge in [0.05, 0.1) is 5.92 Å². The van der Waals surface area contributed by atoms with E-state index < -0.39 is 8.07 Å². The number of carbonyl (C=O) groups excluding carboxylic acids is 1. The molecule has 1 unspecified atom stereocenters. The third kappa shape index (κ3) is 2.86. The Morgan fingerprint density at radius 1 is 1.50 bits per heavy atom. The summed E-state index contributed by atoms with van der Waals surface area (Å²) in [5, 5.41) is 2.83. The van der Waals surface area contributed by atoms with Crippen LogP contribution in [0.1, 0.15) is 6.92 Å². The molecular weight excluding hydrogens is 258 g/mol. The summed E-state index contributed by atoms with van der Waals surface area (Å²) in [7, 11) is -1.32. The van der Waals surface area contributed by atoms with Crippen LogP contribution in [0.3, 0.4) is 0 Å². The number of nitrogens with one attached hydrogen (secondary N) is 1. The highest BCUT2D eigenvalue weighted by molar-refractivity contribution is 9.09. The summed E-state index contributed by atoms with van der Waals surface area (Å²) in [6, 6.07) is 0.0589. The number of carbonyl (C=O) groups is 1. The zero-order valence-corrected chi connectivity index (χ0v) is 11.6. The van der Waals surface area contributed by atoms with E-state index in [0.29, 0.717) is 0 Å². The second-order valence-corrected chi connectivity index (χ2v) is 10.9. The lowest BCUT2D eigenvalue weighted by Gasteiger charge is -2.35. The summed E-state index contributed by atoms with van der Waals surface area (Å²) in [4.78, 5) is 11.4. The van der Waals surface area contributed by atoms with Crippen molar-refractivity contribution in [1.82, 2.24) is 5.32 Å². The minimum Gasteiger partial charge on any atom is -0.341 e. The van der Waals surface area contributed by atoms with E-state index in [-0.39, 0.29) is 22.7 Å². The van der Waals surface area contributed by atoms with Crippen molar-refractivity contribution in [3.05, 3.63) is 0 Å². The van der Waals surface area contributed by atoms with Crippen LogP contribution in [-0.4, -0.2) is 24.9 Å². The zero-order valence-electron chi connectivity index (χ0n) is 9.02. The fraction of sp³-hybridized carbons (Fsp3) is 0.700. The Morgan fingerprint density at radius 3 is 2.43 bits per heavy atom. The molecule has 1 N–H and O–H groups in total. The van der Waals surface area contributed by atoms with Gasteiger partial charge in [0.15, 0.2) is 0 Å². The van der Waals surface area contributed by atoms with E-state index in [1.54, 1.807) is 0 Å². The van der Waals surface area contributed by atoms with Crippen molar-refractivity contribution in [3.8, 4) is 11.5 Å². The van der Waals surface area contributed by atoms with Crippen molar-refractivity contribution in [3.63, 3.8) is 0 Å². The number of hydrogen-bond acceptors (Lipinski definition) is 1. The Labute approximate surface area is 95.0 Å². The van der Waals surface area contributed by atoms with E-state index in [2.05, 4.69) is 52.4 Å². The maximum Gasteiger partial charge on any atom is 0.228 e. The lowest BCUT2D eigenvalue weighted by molar-refractivity contribution is -0.132. The predicted molar refractivity (Wildman–Crippen MR) is 64.9 cm³/mol. The second kappa shape index (κ2) is 4.07. The molecule has 0 saturated carbocycles. The number of amides is 1. The van der Waals surface area contributed by atoms with Crippen molar-refractivity contribution in [2.24, 2.45) is 5.92 Å². The molecule has 1 saturated heterocycles. The fourth-order valence-electron chi connectivity index (χ4n) is 1.29. The molecule has 0 aromatic heterocycles. The minimum atomic E-state index is -1.32. The highest BCUT2D eigenvalue weighted by atomic mass is 79.9. The van der Waals surface area contributed by atoms with E-state index in [9.17, 15) is 4.79 Å². The molecule has 78 valence electrons. The van der Waals surface area contributed by atoms with Gasteiger partial charge in [-0.1, -0.05) is 48.4 Å². The molecule has 0 aromatic rings. The first kappa shape index (κ1) is 11.8. The van der Waals surface area contributed by atoms with Gasteiger partial charge in [-0.15, -0.1) is 5.54 Å². The Hall–Kier alpha value is -0.273. The molecule has 0 spiro atoms. The van der Waals surface area contributed by atoms with Crippen molar-refractivity contribution < 1.29 is 4.79 Å². The molecule has 0 aliphatic carbocycles. The first-order valence-electron chi connectivity index (χ1n) is 4.78. The number of halogens is 1. The molecule has 1 fully saturated rings. The molecule has 2 nitrogen and oxygen atoms in total. The van der Waals surface area contributed by atoms with Crippen LogP contribution >= 0.6 is 15.9 Å². The summed E-state index contributed by atoms with van der Waals surface area (Å²) < 4.78 is 0. The smallest absolute Gasteiger partial charge is 0.228 e. The van der Waals surface area contributed by atoms with Crippen molar-refractivity contribution >= 4 is 29.9 Å². The molecule has 0 aromatic carbocycles. The van der Waals surface area contributed by atoms with Gasteiger partial charge in [-0.3, -0.25) is 4.79 Å². The van der Waals surface area contributed by atoms with Gasteiger partial charge in [-0.2, -0.15) is 0 Å². The van der Waals surface area contributed by atoms with E-state index in [0.717, 1.165) is 0 Å². The van der Waals surface area contributed by atoms with E-state index in [1.807, 2.05) is 6.92 Å². The maximum absolute atomic E-state index is 11.2. The zero-order chi connectivity index (χ0) is 10.9. The van der Waals surface area contributed by atoms with Gasteiger partial charge >= 0.3 is 0 Å². The molecule has 1 heterocycles. The van der Waals surface area contributed by atoms with Crippen LogP contribution in [-0.2, 0) is 4.79 Å². The number of β-lactam (4-membered cyclic amide) rings is 1. The minimum absolute atomic E-state index is 0.0267. The number of alkyl halides is 1. The molecule has 14 heavy (non-hydrogen) atoms. The summed E-state index contributed by atoms with van der Waals surface area (Å²) in [5.41, 5.74) is 3.28. The van der Waals surface area contributed by atoms with Crippen molar-refractivity contribution in [2.45, 2.75) is 37.4 Å². The molecule has 0 bridgehead atoms. The van der Waals surface area contributed by atoms with Gasteiger partial charge in [0.2, 0.25) is 5.91 Å². The van der Waals surface area contributed by atoms with Gasteiger partial charge in [-0.05, 0) is 0 Å². The topological polar surface area (TPSA) is 29.1 Å². The van der Waals surface area contributed by atoms with Gasteiger partial charge in [0, 0.05) is 4.83 Å². The fourth-order valence-corrected chi connectivity index (χ4v) is 2.42. The van der Waals surface area contributed by atoms with Crippen LogP contribution < -0.4 is 5.32 Å². The maximum atomic E-state index is 11.2. The highest BCUT2D eigenvalue weighted by Gasteiger charge is 2.41. The van der Waals surface area contributed by atoms with Gasteiger partial charge in [-0.25, -0.2) is 0 Å². The summed E-state index contributed by atoms with van der Waals surface area (Å²) in [6.45, 7) is 8.60.